The monoisotopic (exact) mass is 263 g/mol. The summed E-state index contributed by atoms with van der Waals surface area (Å²) in [6, 6.07) is 7.14. The number of amides is 2. The molecule has 1 saturated heterocycles. The van der Waals surface area contributed by atoms with Crippen LogP contribution in [0.4, 0.5) is 5.69 Å². The summed E-state index contributed by atoms with van der Waals surface area (Å²) in [4.78, 5) is 24.6. The number of carbonyl (C=O) groups excluding carboxylic acids is 2. The molecule has 2 rings (SSSR count). The summed E-state index contributed by atoms with van der Waals surface area (Å²) < 4.78 is 5.45. The number of carbonyl (C=O) groups is 2. The van der Waals surface area contributed by atoms with Crippen LogP contribution in [0.25, 0.3) is 0 Å². The highest BCUT2D eigenvalue weighted by molar-refractivity contribution is 5.85. The van der Waals surface area contributed by atoms with Crippen LogP contribution in [-0.4, -0.2) is 43.0 Å². The first-order chi connectivity index (χ1) is 9.16. The third-order valence-electron chi connectivity index (χ3n) is 2.88. The Labute approximate surface area is 111 Å². The van der Waals surface area contributed by atoms with Crippen LogP contribution in [0.2, 0.25) is 0 Å². The van der Waals surface area contributed by atoms with Crippen LogP contribution in [0.15, 0.2) is 24.3 Å². The number of anilines is 1. The predicted octanol–water partition coefficient (Wildman–Crippen LogP) is -0.00390. The number of hydrogen-bond acceptors (Lipinski definition) is 4. The molecule has 0 aliphatic carbocycles. The molecule has 1 aromatic carbocycles. The summed E-state index contributed by atoms with van der Waals surface area (Å²) in [5.41, 5.74) is 6.27. The van der Waals surface area contributed by atoms with Crippen LogP contribution in [-0.2, 0) is 9.59 Å². The van der Waals surface area contributed by atoms with E-state index in [1.54, 1.807) is 12.1 Å². The zero-order chi connectivity index (χ0) is 13.7. The third kappa shape index (κ3) is 3.61. The highest BCUT2D eigenvalue weighted by Gasteiger charge is 2.20. The van der Waals surface area contributed by atoms with E-state index in [1.807, 2.05) is 12.1 Å². The normalized spacial score (nSPS) is 14.9. The molecule has 6 nitrogen and oxygen atoms in total. The van der Waals surface area contributed by atoms with E-state index in [0.717, 1.165) is 0 Å². The van der Waals surface area contributed by atoms with Gasteiger partial charge in [-0.3, -0.25) is 9.59 Å². The number of rotatable bonds is 4. The molecule has 1 aliphatic heterocycles. The number of nitrogens with two attached hydrogens (primary N) is 1. The van der Waals surface area contributed by atoms with Crippen LogP contribution >= 0.6 is 0 Å². The van der Waals surface area contributed by atoms with Gasteiger partial charge in [0.2, 0.25) is 11.8 Å². The number of hydrogen-bond donors (Lipinski definition) is 2. The minimum absolute atomic E-state index is 0.0793. The van der Waals surface area contributed by atoms with E-state index in [4.69, 9.17) is 10.5 Å². The Balaban J connectivity index is 1.78. The van der Waals surface area contributed by atoms with Crippen LogP contribution in [0.1, 0.15) is 6.42 Å². The summed E-state index contributed by atoms with van der Waals surface area (Å²) in [7, 11) is 0. The number of ether oxygens (including phenoxy) is 1. The van der Waals surface area contributed by atoms with E-state index in [2.05, 4.69) is 5.32 Å². The Morgan fingerprint density at radius 1 is 1.42 bits per heavy atom. The van der Waals surface area contributed by atoms with Crippen molar-refractivity contribution >= 4 is 17.5 Å². The fraction of sp³-hybridized carbons (Fsp3) is 0.385. The third-order valence-corrected chi connectivity index (χ3v) is 2.88. The van der Waals surface area contributed by atoms with E-state index in [9.17, 15) is 9.59 Å². The molecule has 2 amide bonds. The lowest BCUT2D eigenvalue weighted by atomic mass is 10.3. The number of nitrogen functional groups attached to an aromatic ring is 1. The van der Waals surface area contributed by atoms with Gasteiger partial charge in [-0.1, -0.05) is 12.1 Å². The molecule has 1 fully saturated rings. The molecule has 1 aromatic rings. The van der Waals surface area contributed by atoms with Crippen molar-refractivity contribution in [2.24, 2.45) is 0 Å². The molecule has 102 valence electrons. The van der Waals surface area contributed by atoms with Gasteiger partial charge in [0.05, 0.1) is 25.3 Å². The summed E-state index contributed by atoms with van der Waals surface area (Å²) in [6.45, 7) is 1.45. The smallest absolute Gasteiger partial charge is 0.239 e. The lowest BCUT2D eigenvalue weighted by Gasteiger charge is -2.26. The molecule has 0 spiro atoms. The first-order valence-corrected chi connectivity index (χ1v) is 6.18. The molecule has 0 saturated carbocycles. The summed E-state index contributed by atoms with van der Waals surface area (Å²) in [5, 5.41) is 2.68. The maximum absolute atomic E-state index is 11.9. The Morgan fingerprint density at radius 2 is 2.21 bits per heavy atom. The molecule has 0 radical (unpaired) electrons. The minimum atomic E-state index is -0.118. The molecular weight excluding hydrogens is 246 g/mol. The Kier molecular flexibility index (Phi) is 4.22. The number of para-hydroxylation sites is 2. The summed E-state index contributed by atoms with van der Waals surface area (Å²) in [6.07, 6.45) is 0.238. The van der Waals surface area contributed by atoms with Gasteiger partial charge in [0.25, 0.3) is 0 Å². The van der Waals surface area contributed by atoms with Crippen molar-refractivity contribution in [2.45, 2.75) is 6.42 Å². The maximum Gasteiger partial charge on any atom is 0.239 e. The minimum Gasteiger partial charge on any atom is -0.491 e. The van der Waals surface area contributed by atoms with Gasteiger partial charge >= 0.3 is 0 Å². The van der Waals surface area contributed by atoms with Gasteiger partial charge < -0.3 is 20.7 Å². The number of nitrogens with one attached hydrogen (secondary N) is 1. The Hall–Kier alpha value is -2.24. The van der Waals surface area contributed by atoms with E-state index in [0.29, 0.717) is 24.5 Å². The van der Waals surface area contributed by atoms with Crippen LogP contribution in [0.3, 0.4) is 0 Å². The van der Waals surface area contributed by atoms with E-state index in [-0.39, 0.29) is 31.4 Å². The molecule has 0 unspecified atom stereocenters. The molecule has 1 heterocycles. The Morgan fingerprint density at radius 3 is 2.95 bits per heavy atom. The van der Waals surface area contributed by atoms with E-state index >= 15 is 0 Å². The lowest BCUT2D eigenvalue weighted by Crippen LogP contribution is -2.50. The lowest BCUT2D eigenvalue weighted by molar-refractivity contribution is -0.138. The fourth-order valence-corrected chi connectivity index (χ4v) is 1.87. The molecule has 0 atom stereocenters. The average Bonchev–Trinajstić information content (AvgIpc) is 2.41. The summed E-state index contributed by atoms with van der Waals surface area (Å²) in [5.74, 6) is 0.379. The van der Waals surface area contributed by atoms with Crippen LogP contribution < -0.4 is 15.8 Å². The number of nitrogens with zero attached hydrogens (tertiary/aromatic N) is 1. The van der Waals surface area contributed by atoms with Crippen molar-refractivity contribution < 1.29 is 14.3 Å². The van der Waals surface area contributed by atoms with Gasteiger partial charge in [0, 0.05) is 13.1 Å². The van der Waals surface area contributed by atoms with Crippen molar-refractivity contribution in [1.29, 1.82) is 0 Å². The molecular formula is C13H17N3O3. The first-order valence-electron chi connectivity index (χ1n) is 6.18. The van der Waals surface area contributed by atoms with Gasteiger partial charge in [-0.25, -0.2) is 0 Å². The predicted molar refractivity (Wildman–Crippen MR) is 70.6 cm³/mol. The topological polar surface area (TPSA) is 84.7 Å². The zero-order valence-corrected chi connectivity index (χ0v) is 10.6. The average molecular weight is 263 g/mol. The van der Waals surface area contributed by atoms with Crippen molar-refractivity contribution in [3.05, 3.63) is 24.3 Å². The van der Waals surface area contributed by atoms with Crippen molar-refractivity contribution in [3.8, 4) is 5.75 Å². The first kappa shape index (κ1) is 13.2. The standard InChI is InChI=1S/C13H17N3O3/c14-10-3-1-2-4-11(10)19-8-5-13(18)16-7-6-15-12(17)9-16/h1-4H,5-9,14H2,(H,15,17). The second-order valence-corrected chi connectivity index (χ2v) is 4.30. The van der Waals surface area contributed by atoms with Gasteiger partial charge in [-0.05, 0) is 12.1 Å². The van der Waals surface area contributed by atoms with Crippen LogP contribution in [0, 0.1) is 0 Å². The zero-order valence-electron chi connectivity index (χ0n) is 10.6. The Bertz CT molecular complexity index is 476. The quantitative estimate of drug-likeness (QED) is 0.749. The largest absolute Gasteiger partial charge is 0.491 e. The molecule has 19 heavy (non-hydrogen) atoms. The van der Waals surface area contributed by atoms with Crippen molar-refractivity contribution in [3.63, 3.8) is 0 Å². The van der Waals surface area contributed by atoms with Gasteiger partial charge in [0.1, 0.15) is 5.75 Å². The van der Waals surface area contributed by atoms with Crippen molar-refractivity contribution in [1.82, 2.24) is 10.2 Å². The maximum atomic E-state index is 11.9. The number of piperazine rings is 1. The molecule has 0 aromatic heterocycles. The molecule has 1 aliphatic rings. The van der Waals surface area contributed by atoms with Gasteiger partial charge in [-0.15, -0.1) is 0 Å². The van der Waals surface area contributed by atoms with E-state index < -0.39 is 0 Å². The number of benzene rings is 1. The van der Waals surface area contributed by atoms with Gasteiger partial charge in [0.15, 0.2) is 0 Å². The second-order valence-electron chi connectivity index (χ2n) is 4.30. The van der Waals surface area contributed by atoms with Crippen molar-refractivity contribution in [2.75, 3.05) is 32.0 Å². The second kappa shape index (κ2) is 6.08. The molecule has 3 N–H and O–H groups in total. The highest BCUT2D eigenvalue weighted by atomic mass is 16.5. The SMILES string of the molecule is Nc1ccccc1OCCC(=O)N1CCNC(=O)C1. The molecule has 6 heteroatoms. The summed E-state index contributed by atoms with van der Waals surface area (Å²) >= 11 is 0. The fourth-order valence-electron chi connectivity index (χ4n) is 1.87. The van der Waals surface area contributed by atoms with Crippen LogP contribution in [0.5, 0.6) is 5.75 Å². The van der Waals surface area contributed by atoms with E-state index in [1.165, 1.54) is 4.90 Å². The van der Waals surface area contributed by atoms with Gasteiger partial charge in [-0.2, -0.15) is 0 Å². The highest BCUT2D eigenvalue weighted by Crippen LogP contribution is 2.19. The molecule has 0 bridgehead atoms.